The summed E-state index contributed by atoms with van der Waals surface area (Å²) in [6, 6.07) is -0.854. The molecule has 6 nitrogen and oxygen atoms in total. The number of carboxylic acid groups (broad SMARTS) is 1. The van der Waals surface area contributed by atoms with Crippen molar-refractivity contribution >= 4 is 11.9 Å². The summed E-state index contributed by atoms with van der Waals surface area (Å²) in [5, 5.41) is 11.2. The van der Waals surface area contributed by atoms with E-state index < -0.39 is 17.9 Å². The third kappa shape index (κ3) is 2.55. The van der Waals surface area contributed by atoms with Gasteiger partial charge in [-0.3, -0.25) is 4.79 Å². The highest BCUT2D eigenvalue weighted by Crippen LogP contribution is 1.98. The summed E-state index contributed by atoms with van der Waals surface area (Å²) in [7, 11) is 1.67. The molecule has 0 saturated heterocycles. The van der Waals surface area contributed by atoms with E-state index >= 15 is 0 Å². The van der Waals surface area contributed by atoms with Gasteiger partial charge in [-0.2, -0.15) is 0 Å². The highest BCUT2D eigenvalue weighted by atomic mass is 16.4. The number of nitrogens with zero attached hydrogens (tertiary/aromatic N) is 2. The molecular formula is C9H13N3O3. The Hall–Kier alpha value is -1.85. The van der Waals surface area contributed by atoms with Gasteiger partial charge in [-0.05, 0) is 6.42 Å². The van der Waals surface area contributed by atoms with E-state index in [1.807, 2.05) is 0 Å². The quantitative estimate of drug-likeness (QED) is 0.735. The highest BCUT2D eigenvalue weighted by Gasteiger charge is 2.19. The van der Waals surface area contributed by atoms with E-state index in [0.717, 1.165) is 0 Å². The molecule has 0 aliphatic heterocycles. The molecule has 0 saturated carbocycles. The standard InChI is InChI=1S/C9H13N3O3/c1-3-6(9(14)15)11-8(13)7-4-10-5-12(7)2/h4-6H,3H2,1-2H3,(H,11,13)(H,14,15)/t6-/m0/s1. The van der Waals surface area contributed by atoms with Gasteiger partial charge < -0.3 is 15.0 Å². The molecule has 1 rings (SSSR count). The lowest BCUT2D eigenvalue weighted by atomic mass is 10.2. The van der Waals surface area contributed by atoms with E-state index in [2.05, 4.69) is 10.3 Å². The lowest BCUT2D eigenvalue weighted by Gasteiger charge is -2.11. The zero-order valence-electron chi connectivity index (χ0n) is 8.60. The Balaban J connectivity index is 2.71. The largest absolute Gasteiger partial charge is 0.480 e. The van der Waals surface area contributed by atoms with E-state index in [-0.39, 0.29) is 0 Å². The monoisotopic (exact) mass is 211 g/mol. The van der Waals surface area contributed by atoms with Crippen molar-refractivity contribution in [2.45, 2.75) is 19.4 Å². The normalized spacial score (nSPS) is 12.1. The smallest absolute Gasteiger partial charge is 0.326 e. The molecule has 1 aromatic heterocycles. The molecule has 0 radical (unpaired) electrons. The second-order valence-corrected chi connectivity index (χ2v) is 3.16. The molecule has 0 aliphatic carbocycles. The minimum Gasteiger partial charge on any atom is -0.480 e. The lowest BCUT2D eigenvalue weighted by molar-refractivity contribution is -0.139. The Morgan fingerprint density at radius 1 is 1.67 bits per heavy atom. The molecule has 2 N–H and O–H groups in total. The molecule has 1 heterocycles. The predicted octanol–water partition coefficient (Wildman–Crippen LogP) is 0.0131. The van der Waals surface area contributed by atoms with Gasteiger partial charge in [-0.1, -0.05) is 6.92 Å². The number of hydrogen-bond acceptors (Lipinski definition) is 3. The van der Waals surface area contributed by atoms with Crippen LogP contribution in [0.25, 0.3) is 0 Å². The van der Waals surface area contributed by atoms with Crippen LogP contribution in [-0.4, -0.2) is 32.6 Å². The van der Waals surface area contributed by atoms with Crippen LogP contribution >= 0.6 is 0 Å². The zero-order chi connectivity index (χ0) is 11.4. The molecule has 6 heteroatoms. The summed E-state index contributed by atoms with van der Waals surface area (Å²) in [6.07, 6.45) is 3.22. The van der Waals surface area contributed by atoms with Crippen molar-refractivity contribution in [3.8, 4) is 0 Å². The Morgan fingerprint density at radius 2 is 2.33 bits per heavy atom. The summed E-state index contributed by atoms with van der Waals surface area (Å²) in [4.78, 5) is 26.0. The number of carbonyl (C=O) groups excluding carboxylic acids is 1. The van der Waals surface area contributed by atoms with Crippen LogP contribution in [0.4, 0.5) is 0 Å². The predicted molar refractivity (Wildman–Crippen MR) is 52.4 cm³/mol. The van der Waals surface area contributed by atoms with Crippen LogP contribution in [0.3, 0.4) is 0 Å². The summed E-state index contributed by atoms with van der Waals surface area (Å²) in [6.45, 7) is 1.70. The molecule has 82 valence electrons. The lowest BCUT2D eigenvalue weighted by Crippen LogP contribution is -2.40. The average Bonchev–Trinajstić information content (AvgIpc) is 2.60. The van der Waals surface area contributed by atoms with Gasteiger partial charge in [-0.15, -0.1) is 0 Å². The van der Waals surface area contributed by atoms with E-state index in [1.54, 1.807) is 14.0 Å². The first-order valence-electron chi connectivity index (χ1n) is 4.56. The van der Waals surface area contributed by atoms with Crippen molar-refractivity contribution in [3.05, 3.63) is 18.2 Å². The third-order valence-electron chi connectivity index (χ3n) is 2.06. The Bertz CT molecular complexity index is 372. The molecule has 0 spiro atoms. The third-order valence-corrected chi connectivity index (χ3v) is 2.06. The molecule has 1 aromatic rings. The van der Waals surface area contributed by atoms with E-state index in [0.29, 0.717) is 12.1 Å². The fourth-order valence-electron chi connectivity index (χ4n) is 1.15. The SMILES string of the molecule is CC[C@H](NC(=O)c1cncn1C)C(=O)O. The van der Waals surface area contributed by atoms with Gasteiger partial charge in [0.15, 0.2) is 0 Å². The van der Waals surface area contributed by atoms with Gasteiger partial charge in [-0.25, -0.2) is 9.78 Å². The Kier molecular flexibility index (Phi) is 3.43. The molecule has 0 aliphatic rings. The van der Waals surface area contributed by atoms with Crippen molar-refractivity contribution in [1.82, 2.24) is 14.9 Å². The van der Waals surface area contributed by atoms with Crippen LogP contribution < -0.4 is 5.32 Å². The second kappa shape index (κ2) is 4.59. The molecule has 1 atom stereocenters. The first-order chi connectivity index (χ1) is 7.06. The van der Waals surface area contributed by atoms with Crippen LogP contribution in [0.5, 0.6) is 0 Å². The molecular weight excluding hydrogens is 198 g/mol. The van der Waals surface area contributed by atoms with Crippen molar-refractivity contribution in [1.29, 1.82) is 0 Å². The topological polar surface area (TPSA) is 84.2 Å². The van der Waals surface area contributed by atoms with Crippen molar-refractivity contribution in [2.75, 3.05) is 0 Å². The molecule has 1 amide bonds. The summed E-state index contributed by atoms with van der Waals surface area (Å²) < 4.78 is 1.53. The summed E-state index contributed by atoms with van der Waals surface area (Å²) >= 11 is 0. The van der Waals surface area contributed by atoms with Gasteiger partial charge >= 0.3 is 5.97 Å². The number of hydrogen-bond donors (Lipinski definition) is 2. The number of rotatable bonds is 4. The number of nitrogens with one attached hydrogen (secondary N) is 1. The highest BCUT2D eigenvalue weighted by molar-refractivity contribution is 5.94. The van der Waals surface area contributed by atoms with Crippen LogP contribution in [0.15, 0.2) is 12.5 Å². The number of imidazole rings is 1. The summed E-state index contributed by atoms with van der Waals surface area (Å²) in [5.41, 5.74) is 0.342. The molecule has 0 bridgehead atoms. The van der Waals surface area contributed by atoms with E-state index in [4.69, 9.17) is 5.11 Å². The maximum absolute atomic E-state index is 11.6. The van der Waals surface area contributed by atoms with E-state index in [9.17, 15) is 9.59 Å². The fourth-order valence-corrected chi connectivity index (χ4v) is 1.15. The van der Waals surface area contributed by atoms with Crippen LogP contribution in [0.1, 0.15) is 23.8 Å². The number of aromatic nitrogens is 2. The Labute approximate surface area is 86.9 Å². The maximum atomic E-state index is 11.6. The van der Waals surface area contributed by atoms with Gasteiger partial charge in [0, 0.05) is 7.05 Å². The van der Waals surface area contributed by atoms with Crippen molar-refractivity contribution in [3.63, 3.8) is 0 Å². The Morgan fingerprint density at radius 3 is 2.73 bits per heavy atom. The summed E-state index contributed by atoms with van der Waals surface area (Å²) in [5.74, 6) is -1.46. The first kappa shape index (κ1) is 11.2. The van der Waals surface area contributed by atoms with Crippen molar-refractivity contribution < 1.29 is 14.7 Å². The zero-order valence-corrected chi connectivity index (χ0v) is 8.60. The second-order valence-electron chi connectivity index (χ2n) is 3.16. The number of aryl methyl sites for hydroxylation is 1. The molecule has 0 unspecified atom stereocenters. The van der Waals surface area contributed by atoms with Gasteiger partial charge in [0.1, 0.15) is 11.7 Å². The number of carboxylic acids is 1. The average molecular weight is 211 g/mol. The molecule has 0 fully saturated rings. The van der Waals surface area contributed by atoms with Gasteiger partial charge in [0.2, 0.25) is 0 Å². The molecule has 0 aromatic carbocycles. The fraction of sp³-hybridized carbons (Fsp3) is 0.444. The van der Waals surface area contributed by atoms with Crippen LogP contribution in [0.2, 0.25) is 0 Å². The minimum absolute atomic E-state index is 0.342. The number of aliphatic carboxylic acids is 1. The maximum Gasteiger partial charge on any atom is 0.326 e. The minimum atomic E-state index is -1.03. The number of amides is 1. The molecule has 15 heavy (non-hydrogen) atoms. The number of carbonyl (C=O) groups is 2. The van der Waals surface area contributed by atoms with Crippen molar-refractivity contribution in [2.24, 2.45) is 7.05 Å². The first-order valence-corrected chi connectivity index (χ1v) is 4.56. The van der Waals surface area contributed by atoms with Gasteiger partial charge in [0.05, 0.1) is 12.5 Å². The van der Waals surface area contributed by atoms with Crippen LogP contribution in [-0.2, 0) is 11.8 Å². The van der Waals surface area contributed by atoms with Gasteiger partial charge in [0.25, 0.3) is 5.91 Å². The van der Waals surface area contributed by atoms with E-state index in [1.165, 1.54) is 17.1 Å². The van der Waals surface area contributed by atoms with Crippen LogP contribution in [0, 0.1) is 0 Å².